The van der Waals surface area contributed by atoms with E-state index < -0.39 is 6.04 Å². The summed E-state index contributed by atoms with van der Waals surface area (Å²) in [4.78, 5) is 27.7. The summed E-state index contributed by atoms with van der Waals surface area (Å²) in [5.41, 5.74) is 0.864. The number of rotatable bonds is 10. The van der Waals surface area contributed by atoms with Crippen LogP contribution in [0.1, 0.15) is 32.8 Å². The number of nitrogens with one attached hydrogen (secondary N) is 1. The summed E-state index contributed by atoms with van der Waals surface area (Å²) in [6.45, 7) is 5.75. The molecule has 0 fully saturated rings. The molecular weight excluding hydrogens is 496 g/mol. The molecular formula is C27H31BrN2O4. The minimum atomic E-state index is -0.670. The van der Waals surface area contributed by atoms with Crippen LogP contribution in [0, 0.1) is 0 Å². The fourth-order valence-electron chi connectivity index (χ4n) is 3.56. The van der Waals surface area contributed by atoms with E-state index in [2.05, 4.69) is 21.2 Å². The predicted octanol–water partition coefficient (Wildman–Crippen LogP) is 5.32. The Morgan fingerprint density at radius 2 is 1.82 bits per heavy atom. The van der Waals surface area contributed by atoms with Gasteiger partial charge in [-0.3, -0.25) is 9.59 Å². The first-order chi connectivity index (χ1) is 16.3. The van der Waals surface area contributed by atoms with Crippen molar-refractivity contribution < 1.29 is 19.1 Å². The molecule has 34 heavy (non-hydrogen) atoms. The molecule has 0 heterocycles. The van der Waals surface area contributed by atoms with E-state index in [1.54, 1.807) is 18.9 Å². The Kier molecular flexibility index (Phi) is 8.93. The second-order valence-electron chi connectivity index (χ2n) is 8.25. The van der Waals surface area contributed by atoms with Crippen LogP contribution in [-0.4, -0.2) is 42.5 Å². The zero-order valence-electron chi connectivity index (χ0n) is 20.0. The quantitative estimate of drug-likeness (QED) is 0.388. The van der Waals surface area contributed by atoms with Gasteiger partial charge in [-0.1, -0.05) is 49.4 Å². The van der Waals surface area contributed by atoms with E-state index >= 15 is 0 Å². The van der Waals surface area contributed by atoms with Crippen molar-refractivity contribution in [1.82, 2.24) is 10.2 Å². The number of amides is 2. The molecule has 0 aliphatic rings. The van der Waals surface area contributed by atoms with Gasteiger partial charge < -0.3 is 19.7 Å². The molecule has 0 saturated carbocycles. The third-order valence-electron chi connectivity index (χ3n) is 5.83. The number of benzene rings is 3. The third-order valence-corrected chi connectivity index (χ3v) is 6.65. The Hall–Kier alpha value is -3.06. The van der Waals surface area contributed by atoms with Gasteiger partial charge in [0.2, 0.25) is 5.91 Å². The smallest absolute Gasteiger partial charge is 0.261 e. The van der Waals surface area contributed by atoms with Crippen LogP contribution in [-0.2, 0) is 16.1 Å². The lowest BCUT2D eigenvalue weighted by Crippen LogP contribution is -2.50. The minimum Gasteiger partial charge on any atom is -0.497 e. The highest BCUT2D eigenvalue weighted by Crippen LogP contribution is 2.33. The van der Waals surface area contributed by atoms with Crippen molar-refractivity contribution >= 4 is 38.5 Å². The highest BCUT2D eigenvalue weighted by atomic mass is 79.9. The van der Waals surface area contributed by atoms with Crippen LogP contribution in [0.3, 0.4) is 0 Å². The van der Waals surface area contributed by atoms with Crippen molar-refractivity contribution in [3.63, 3.8) is 0 Å². The molecule has 0 aliphatic carbocycles. The lowest BCUT2D eigenvalue weighted by Gasteiger charge is -2.29. The van der Waals surface area contributed by atoms with E-state index in [0.717, 1.165) is 27.2 Å². The molecule has 0 aromatic heterocycles. The molecule has 0 spiro atoms. The van der Waals surface area contributed by atoms with Gasteiger partial charge in [0, 0.05) is 12.6 Å². The van der Waals surface area contributed by atoms with Gasteiger partial charge in [0.05, 0.1) is 11.6 Å². The van der Waals surface area contributed by atoms with Crippen LogP contribution in [0.4, 0.5) is 0 Å². The van der Waals surface area contributed by atoms with Gasteiger partial charge in [0.1, 0.15) is 17.5 Å². The number of hydrogen-bond donors (Lipinski definition) is 1. The van der Waals surface area contributed by atoms with Crippen molar-refractivity contribution in [2.24, 2.45) is 0 Å². The number of carbonyl (C=O) groups is 2. The summed E-state index contributed by atoms with van der Waals surface area (Å²) >= 11 is 3.60. The molecule has 3 aromatic carbocycles. The summed E-state index contributed by atoms with van der Waals surface area (Å²) in [6.07, 6.45) is 0.807. The maximum absolute atomic E-state index is 13.3. The molecule has 7 heteroatoms. The van der Waals surface area contributed by atoms with Gasteiger partial charge in [-0.2, -0.15) is 0 Å². The van der Waals surface area contributed by atoms with Crippen molar-refractivity contribution in [2.75, 3.05) is 13.7 Å². The number of nitrogens with zero attached hydrogens (tertiary/aromatic N) is 1. The van der Waals surface area contributed by atoms with Gasteiger partial charge in [-0.25, -0.2) is 0 Å². The molecule has 2 amide bonds. The van der Waals surface area contributed by atoms with Crippen LogP contribution in [0.25, 0.3) is 10.8 Å². The van der Waals surface area contributed by atoms with Gasteiger partial charge in [0.15, 0.2) is 6.61 Å². The van der Waals surface area contributed by atoms with E-state index in [-0.39, 0.29) is 31.0 Å². The van der Waals surface area contributed by atoms with Crippen molar-refractivity contribution in [3.05, 3.63) is 70.7 Å². The van der Waals surface area contributed by atoms with Gasteiger partial charge >= 0.3 is 0 Å². The molecule has 2 atom stereocenters. The first-order valence-corrected chi connectivity index (χ1v) is 12.2. The maximum Gasteiger partial charge on any atom is 0.261 e. The number of halogens is 1. The zero-order chi connectivity index (χ0) is 24.7. The lowest BCUT2D eigenvalue weighted by atomic mass is 10.1. The number of carbonyl (C=O) groups excluding carboxylic acids is 2. The molecule has 0 radical (unpaired) electrons. The summed E-state index contributed by atoms with van der Waals surface area (Å²) in [5, 5.41) is 5.04. The Labute approximate surface area is 209 Å². The second-order valence-corrected chi connectivity index (χ2v) is 9.05. The zero-order valence-corrected chi connectivity index (χ0v) is 21.6. The van der Waals surface area contributed by atoms with E-state index in [0.29, 0.717) is 11.5 Å². The number of ether oxygens (including phenoxy) is 2. The van der Waals surface area contributed by atoms with E-state index in [4.69, 9.17) is 9.47 Å². The number of fused-ring (bicyclic) bond motifs is 1. The van der Waals surface area contributed by atoms with Gasteiger partial charge in [-0.05, 0) is 70.7 Å². The normalized spacial score (nSPS) is 12.6. The molecule has 0 unspecified atom stereocenters. The van der Waals surface area contributed by atoms with E-state index in [1.807, 2.05) is 74.5 Å². The molecule has 3 rings (SSSR count). The summed E-state index contributed by atoms with van der Waals surface area (Å²) in [5.74, 6) is 0.787. The first-order valence-electron chi connectivity index (χ1n) is 11.4. The molecule has 180 valence electrons. The fourth-order valence-corrected chi connectivity index (χ4v) is 4.17. The topological polar surface area (TPSA) is 67.9 Å². The van der Waals surface area contributed by atoms with E-state index in [9.17, 15) is 9.59 Å². The summed E-state index contributed by atoms with van der Waals surface area (Å²) in [6, 6.07) is 18.6. The highest BCUT2D eigenvalue weighted by molar-refractivity contribution is 9.10. The van der Waals surface area contributed by atoms with Crippen LogP contribution < -0.4 is 14.8 Å². The lowest BCUT2D eigenvalue weighted by molar-refractivity contribution is -0.142. The molecule has 6 nitrogen and oxygen atoms in total. The van der Waals surface area contributed by atoms with Gasteiger partial charge in [0.25, 0.3) is 5.91 Å². The molecule has 1 N–H and O–H groups in total. The molecule has 3 aromatic rings. The minimum absolute atomic E-state index is 0.0218. The summed E-state index contributed by atoms with van der Waals surface area (Å²) < 4.78 is 12.0. The van der Waals surface area contributed by atoms with Crippen LogP contribution in [0.5, 0.6) is 11.5 Å². The SMILES string of the molecule is CC[C@@H](C)NC(=O)[C@@H](C)N(Cc1cccc(OC)c1)C(=O)COc1ccc2ccccc2c1Br. The van der Waals surface area contributed by atoms with Crippen molar-refractivity contribution in [1.29, 1.82) is 0 Å². The summed E-state index contributed by atoms with van der Waals surface area (Å²) in [7, 11) is 1.60. The Bertz CT molecular complexity index is 1150. The largest absolute Gasteiger partial charge is 0.497 e. The Balaban J connectivity index is 1.80. The third kappa shape index (κ3) is 6.29. The van der Waals surface area contributed by atoms with Crippen molar-refractivity contribution in [2.45, 2.75) is 45.8 Å². The van der Waals surface area contributed by atoms with Gasteiger partial charge in [-0.15, -0.1) is 0 Å². The first kappa shape index (κ1) is 25.6. The Morgan fingerprint density at radius 1 is 1.06 bits per heavy atom. The maximum atomic E-state index is 13.3. The average Bonchev–Trinajstić information content (AvgIpc) is 2.86. The van der Waals surface area contributed by atoms with Crippen molar-refractivity contribution in [3.8, 4) is 11.5 Å². The number of methoxy groups -OCH3 is 1. The molecule has 0 aliphatic heterocycles. The van der Waals surface area contributed by atoms with Crippen LogP contribution in [0.2, 0.25) is 0 Å². The Morgan fingerprint density at radius 3 is 2.56 bits per heavy atom. The average molecular weight is 527 g/mol. The van der Waals surface area contributed by atoms with Crippen LogP contribution >= 0.6 is 15.9 Å². The number of hydrogen-bond acceptors (Lipinski definition) is 4. The van der Waals surface area contributed by atoms with Crippen LogP contribution in [0.15, 0.2) is 65.1 Å². The predicted molar refractivity (Wildman–Crippen MR) is 138 cm³/mol. The second kappa shape index (κ2) is 11.9. The standard InChI is InChI=1S/C27H31BrN2O4/c1-5-18(2)29-27(32)19(3)30(16-20-9-8-11-22(15-20)33-4)25(31)17-34-24-14-13-21-10-6-7-12-23(21)26(24)28/h6-15,18-19H,5,16-17H2,1-4H3,(H,29,32)/t18-,19-/m1/s1. The highest BCUT2D eigenvalue weighted by Gasteiger charge is 2.27. The monoisotopic (exact) mass is 526 g/mol. The van der Waals surface area contributed by atoms with E-state index in [1.165, 1.54) is 0 Å². The fraction of sp³-hybridized carbons (Fsp3) is 0.333. The molecule has 0 saturated heterocycles. The molecule has 0 bridgehead atoms.